The van der Waals surface area contributed by atoms with Gasteiger partial charge in [0, 0.05) is 24.5 Å². The van der Waals surface area contributed by atoms with Gasteiger partial charge in [0.25, 0.3) is 0 Å². The Hall–Kier alpha value is -2.85. The summed E-state index contributed by atoms with van der Waals surface area (Å²) in [6.07, 6.45) is 0. The van der Waals surface area contributed by atoms with Gasteiger partial charge in [-0.2, -0.15) is 0 Å². The summed E-state index contributed by atoms with van der Waals surface area (Å²) < 4.78 is 0. The first-order chi connectivity index (χ1) is 12.4. The molecule has 0 saturated heterocycles. The maximum Gasteiger partial charge on any atom is 0.0598 e. The zero-order valence-electron chi connectivity index (χ0n) is 14.1. The second-order valence-electron chi connectivity index (χ2n) is 6.25. The standard InChI is InChI=1S/C21H22N4/c1-3-10-20-16(6-1)12-22-13-17-7-2-4-11-21(17)24-15-19-9-5-8-18(25-19)14-23-20/h1-11,22-24H,12-15H2. The van der Waals surface area contributed by atoms with Crippen molar-refractivity contribution in [2.75, 3.05) is 10.6 Å². The molecule has 0 amide bonds. The molecule has 2 bridgehead atoms. The zero-order valence-corrected chi connectivity index (χ0v) is 14.1. The summed E-state index contributed by atoms with van der Waals surface area (Å²) in [4.78, 5) is 4.77. The maximum atomic E-state index is 4.77. The highest BCUT2D eigenvalue weighted by molar-refractivity contribution is 5.53. The molecule has 0 aliphatic carbocycles. The van der Waals surface area contributed by atoms with E-state index in [4.69, 9.17) is 4.98 Å². The molecule has 0 radical (unpaired) electrons. The van der Waals surface area contributed by atoms with Crippen molar-refractivity contribution in [2.24, 2.45) is 0 Å². The van der Waals surface area contributed by atoms with E-state index in [1.54, 1.807) is 0 Å². The van der Waals surface area contributed by atoms with Crippen molar-refractivity contribution in [1.82, 2.24) is 10.3 Å². The Morgan fingerprint density at radius 3 is 1.64 bits per heavy atom. The van der Waals surface area contributed by atoms with Crippen molar-refractivity contribution >= 4 is 11.4 Å². The molecule has 0 saturated carbocycles. The number of nitrogens with one attached hydrogen (secondary N) is 3. The first-order valence-electron chi connectivity index (χ1n) is 8.67. The van der Waals surface area contributed by atoms with Gasteiger partial charge in [-0.3, -0.25) is 4.98 Å². The molecule has 4 rings (SSSR count). The summed E-state index contributed by atoms with van der Waals surface area (Å²) in [5.41, 5.74) is 6.94. The summed E-state index contributed by atoms with van der Waals surface area (Å²) in [6, 6.07) is 23.1. The van der Waals surface area contributed by atoms with E-state index in [1.165, 1.54) is 11.1 Å². The fraction of sp³-hybridized carbons (Fsp3) is 0.190. The third-order valence-corrected chi connectivity index (χ3v) is 4.45. The lowest BCUT2D eigenvalue weighted by Gasteiger charge is -2.16. The van der Waals surface area contributed by atoms with E-state index < -0.39 is 0 Å². The topological polar surface area (TPSA) is 49.0 Å². The van der Waals surface area contributed by atoms with Gasteiger partial charge in [0.15, 0.2) is 0 Å². The Labute approximate surface area is 148 Å². The van der Waals surface area contributed by atoms with Crippen LogP contribution in [0.25, 0.3) is 0 Å². The van der Waals surface area contributed by atoms with E-state index in [9.17, 15) is 0 Å². The average molecular weight is 330 g/mol. The largest absolute Gasteiger partial charge is 0.379 e. The van der Waals surface area contributed by atoms with Gasteiger partial charge in [-0.1, -0.05) is 42.5 Å². The molecule has 3 aromatic rings. The van der Waals surface area contributed by atoms with E-state index in [-0.39, 0.29) is 0 Å². The third-order valence-electron chi connectivity index (χ3n) is 4.45. The molecular weight excluding hydrogens is 308 g/mol. The number of benzene rings is 2. The van der Waals surface area contributed by atoms with Gasteiger partial charge in [-0.15, -0.1) is 0 Å². The number of anilines is 2. The van der Waals surface area contributed by atoms with Crippen LogP contribution in [0.1, 0.15) is 22.5 Å². The van der Waals surface area contributed by atoms with Crippen LogP contribution in [0, 0.1) is 0 Å². The minimum Gasteiger partial charge on any atom is -0.379 e. The number of pyridine rings is 1. The van der Waals surface area contributed by atoms with Crippen LogP contribution >= 0.6 is 0 Å². The smallest absolute Gasteiger partial charge is 0.0598 e. The van der Waals surface area contributed by atoms with Crippen molar-refractivity contribution in [3.8, 4) is 0 Å². The molecule has 0 atom stereocenters. The van der Waals surface area contributed by atoms with Crippen LogP contribution in [0.4, 0.5) is 11.4 Å². The SMILES string of the molecule is c1cc2nc(c1)CNc1ccccc1CNCc1ccccc1NC2. The maximum absolute atomic E-state index is 4.77. The molecule has 2 heterocycles. The second-order valence-corrected chi connectivity index (χ2v) is 6.25. The Kier molecular flexibility index (Phi) is 4.61. The van der Waals surface area contributed by atoms with E-state index in [2.05, 4.69) is 82.7 Å². The molecule has 4 nitrogen and oxygen atoms in total. The number of rotatable bonds is 0. The van der Waals surface area contributed by atoms with Crippen LogP contribution in [-0.4, -0.2) is 4.98 Å². The summed E-state index contributed by atoms with van der Waals surface area (Å²) >= 11 is 0. The van der Waals surface area contributed by atoms with Gasteiger partial charge in [-0.25, -0.2) is 0 Å². The Morgan fingerprint density at radius 2 is 1.08 bits per heavy atom. The number of hydrogen-bond acceptors (Lipinski definition) is 4. The molecule has 2 aromatic carbocycles. The number of aromatic nitrogens is 1. The number of hydrogen-bond donors (Lipinski definition) is 3. The molecule has 1 aromatic heterocycles. The van der Waals surface area contributed by atoms with Crippen molar-refractivity contribution < 1.29 is 0 Å². The summed E-state index contributed by atoms with van der Waals surface area (Å²) in [5.74, 6) is 0. The fourth-order valence-electron chi connectivity index (χ4n) is 3.12. The number of nitrogens with zero attached hydrogens (tertiary/aromatic N) is 1. The fourth-order valence-corrected chi connectivity index (χ4v) is 3.12. The van der Waals surface area contributed by atoms with Gasteiger partial charge in [0.1, 0.15) is 0 Å². The molecule has 4 heteroatoms. The van der Waals surface area contributed by atoms with Crippen molar-refractivity contribution in [3.63, 3.8) is 0 Å². The minimum atomic E-state index is 0.724. The molecule has 1 aliphatic heterocycles. The second kappa shape index (κ2) is 7.36. The normalized spacial score (nSPS) is 14.2. The third kappa shape index (κ3) is 3.80. The summed E-state index contributed by atoms with van der Waals surface area (Å²) in [6.45, 7) is 3.10. The zero-order chi connectivity index (χ0) is 16.9. The first kappa shape index (κ1) is 15.7. The van der Waals surface area contributed by atoms with Crippen LogP contribution in [0.15, 0.2) is 66.7 Å². The molecular formula is C21H22N4. The van der Waals surface area contributed by atoms with Gasteiger partial charge >= 0.3 is 0 Å². The lowest BCUT2D eigenvalue weighted by molar-refractivity contribution is 0.694. The highest BCUT2D eigenvalue weighted by Crippen LogP contribution is 2.19. The summed E-state index contributed by atoms with van der Waals surface area (Å²) in [7, 11) is 0. The van der Waals surface area contributed by atoms with E-state index in [1.807, 2.05) is 0 Å². The Morgan fingerprint density at radius 1 is 0.560 bits per heavy atom. The molecule has 0 spiro atoms. The molecule has 126 valence electrons. The van der Waals surface area contributed by atoms with E-state index in [0.29, 0.717) is 0 Å². The highest BCUT2D eigenvalue weighted by atomic mass is 14.9. The molecule has 1 aliphatic rings. The van der Waals surface area contributed by atoms with Crippen LogP contribution in [0.5, 0.6) is 0 Å². The van der Waals surface area contributed by atoms with E-state index in [0.717, 1.165) is 48.9 Å². The monoisotopic (exact) mass is 330 g/mol. The van der Waals surface area contributed by atoms with Crippen LogP contribution in [-0.2, 0) is 26.2 Å². The predicted molar refractivity (Wildman–Crippen MR) is 102 cm³/mol. The Bertz CT molecular complexity index is 793. The van der Waals surface area contributed by atoms with Crippen molar-refractivity contribution in [2.45, 2.75) is 26.2 Å². The van der Waals surface area contributed by atoms with Gasteiger partial charge in [0.2, 0.25) is 0 Å². The van der Waals surface area contributed by atoms with Gasteiger partial charge < -0.3 is 16.0 Å². The quantitative estimate of drug-likeness (QED) is 0.585. The lowest BCUT2D eigenvalue weighted by Crippen LogP contribution is -2.16. The molecule has 0 fully saturated rings. The molecule has 0 unspecified atom stereocenters. The van der Waals surface area contributed by atoms with E-state index >= 15 is 0 Å². The van der Waals surface area contributed by atoms with Crippen LogP contribution < -0.4 is 16.0 Å². The number of fused-ring (bicyclic) bond motifs is 4. The highest BCUT2D eigenvalue weighted by Gasteiger charge is 2.07. The average Bonchev–Trinajstić information content (AvgIpc) is 2.66. The van der Waals surface area contributed by atoms with Crippen LogP contribution in [0.3, 0.4) is 0 Å². The number of para-hydroxylation sites is 2. The van der Waals surface area contributed by atoms with Gasteiger partial charge in [-0.05, 0) is 35.4 Å². The van der Waals surface area contributed by atoms with Crippen molar-refractivity contribution in [1.29, 1.82) is 0 Å². The predicted octanol–water partition coefficient (Wildman–Crippen LogP) is 3.91. The minimum absolute atomic E-state index is 0.724. The summed E-state index contributed by atoms with van der Waals surface area (Å²) in [5, 5.41) is 10.6. The van der Waals surface area contributed by atoms with Crippen molar-refractivity contribution in [3.05, 3.63) is 89.2 Å². The van der Waals surface area contributed by atoms with Crippen LogP contribution in [0.2, 0.25) is 0 Å². The molecule has 25 heavy (non-hydrogen) atoms. The lowest BCUT2D eigenvalue weighted by atomic mass is 10.1. The first-order valence-corrected chi connectivity index (χ1v) is 8.67. The Balaban J connectivity index is 1.67. The molecule has 3 N–H and O–H groups in total. The van der Waals surface area contributed by atoms with Gasteiger partial charge in [0.05, 0.1) is 24.5 Å².